The minimum atomic E-state index is -0.513. The highest BCUT2D eigenvalue weighted by atomic mass is 35.5. The average molecular weight is 253 g/mol. The molecule has 0 amide bonds. The van der Waals surface area contributed by atoms with E-state index in [1.165, 1.54) is 6.07 Å². The maximum absolute atomic E-state index is 10.9. The number of para-hydroxylation sites is 1. The summed E-state index contributed by atoms with van der Waals surface area (Å²) in [7, 11) is 1.76. The third-order valence-electron chi connectivity index (χ3n) is 2.15. The monoisotopic (exact) mass is 252 g/mol. The molecule has 0 fully saturated rings. The first-order valence-corrected chi connectivity index (χ1v) is 5.14. The Hall–Kier alpha value is -2.08. The van der Waals surface area contributed by atoms with Gasteiger partial charge in [0.05, 0.1) is 16.8 Å². The van der Waals surface area contributed by atoms with Gasteiger partial charge in [0.1, 0.15) is 10.7 Å². The Labute approximate surface area is 102 Å². The zero-order valence-electron chi connectivity index (χ0n) is 8.92. The van der Waals surface area contributed by atoms with Crippen LogP contribution in [0.4, 0.5) is 17.1 Å². The first-order valence-electron chi connectivity index (χ1n) is 4.76. The standard InChI is InChI=1S/C10H9ClN4O2/c1-14-6-7(5-12-14)13-9-4-2-3-8(11)10(9)15(16)17/h2-6,13H,1H3. The molecule has 1 aromatic heterocycles. The molecule has 1 heterocycles. The molecule has 0 saturated heterocycles. The first kappa shape index (κ1) is 11.4. The fraction of sp³-hybridized carbons (Fsp3) is 0.100. The Bertz CT molecular complexity index is 567. The fourth-order valence-electron chi connectivity index (χ4n) is 1.44. The number of anilines is 2. The van der Waals surface area contributed by atoms with Gasteiger partial charge < -0.3 is 5.32 Å². The number of nitro benzene ring substituents is 1. The molecule has 2 aromatic rings. The Morgan fingerprint density at radius 2 is 2.29 bits per heavy atom. The van der Waals surface area contributed by atoms with Gasteiger partial charge in [0, 0.05) is 13.2 Å². The van der Waals surface area contributed by atoms with E-state index in [0.717, 1.165) is 0 Å². The van der Waals surface area contributed by atoms with Gasteiger partial charge >= 0.3 is 5.69 Å². The number of hydrogen-bond donors (Lipinski definition) is 1. The van der Waals surface area contributed by atoms with Crippen LogP contribution in [0, 0.1) is 10.1 Å². The van der Waals surface area contributed by atoms with Crippen LogP contribution in [0.15, 0.2) is 30.6 Å². The van der Waals surface area contributed by atoms with Crippen molar-refractivity contribution in [2.24, 2.45) is 7.05 Å². The first-order chi connectivity index (χ1) is 8.08. The van der Waals surface area contributed by atoms with Crippen LogP contribution in [-0.4, -0.2) is 14.7 Å². The Morgan fingerprint density at radius 1 is 1.53 bits per heavy atom. The predicted molar refractivity (Wildman–Crippen MR) is 64.6 cm³/mol. The van der Waals surface area contributed by atoms with Crippen molar-refractivity contribution in [3.8, 4) is 0 Å². The number of rotatable bonds is 3. The largest absolute Gasteiger partial charge is 0.347 e. The van der Waals surface area contributed by atoms with Gasteiger partial charge in [0.2, 0.25) is 0 Å². The molecule has 17 heavy (non-hydrogen) atoms. The molecule has 0 aliphatic carbocycles. The van der Waals surface area contributed by atoms with Crippen LogP contribution in [0.1, 0.15) is 0 Å². The molecule has 1 N–H and O–H groups in total. The molecule has 0 aliphatic rings. The van der Waals surface area contributed by atoms with Crippen molar-refractivity contribution in [2.45, 2.75) is 0 Å². The van der Waals surface area contributed by atoms with E-state index >= 15 is 0 Å². The smallest absolute Gasteiger partial charge is 0.311 e. The zero-order valence-corrected chi connectivity index (χ0v) is 9.68. The number of benzene rings is 1. The lowest BCUT2D eigenvalue weighted by atomic mass is 10.2. The predicted octanol–water partition coefficient (Wildman–Crippen LogP) is 2.73. The highest BCUT2D eigenvalue weighted by Crippen LogP contribution is 2.33. The van der Waals surface area contributed by atoms with Crippen molar-refractivity contribution in [1.29, 1.82) is 0 Å². The second-order valence-electron chi connectivity index (χ2n) is 3.42. The summed E-state index contributed by atoms with van der Waals surface area (Å²) >= 11 is 5.79. The number of aromatic nitrogens is 2. The highest BCUT2D eigenvalue weighted by molar-refractivity contribution is 6.33. The Morgan fingerprint density at radius 3 is 2.88 bits per heavy atom. The Balaban J connectivity index is 2.39. The summed E-state index contributed by atoms with van der Waals surface area (Å²) in [4.78, 5) is 10.4. The van der Waals surface area contributed by atoms with Gasteiger partial charge in [-0.05, 0) is 12.1 Å². The van der Waals surface area contributed by atoms with Crippen LogP contribution in [-0.2, 0) is 7.05 Å². The van der Waals surface area contributed by atoms with Crippen molar-refractivity contribution in [2.75, 3.05) is 5.32 Å². The van der Waals surface area contributed by atoms with Gasteiger partial charge in [0.15, 0.2) is 0 Å². The minimum Gasteiger partial charge on any atom is -0.347 e. The van der Waals surface area contributed by atoms with Crippen LogP contribution < -0.4 is 5.32 Å². The van der Waals surface area contributed by atoms with Crippen molar-refractivity contribution in [1.82, 2.24) is 9.78 Å². The number of hydrogen-bond acceptors (Lipinski definition) is 4. The third-order valence-corrected chi connectivity index (χ3v) is 2.46. The summed E-state index contributed by atoms with van der Waals surface area (Å²) in [6, 6.07) is 4.72. The molecule has 0 aliphatic heterocycles. The highest BCUT2D eigenvalue weighted by Gasteiger charge is 2.18. The van der Waals surface area contributed by atoms with Crippen LogP contribution in [0.3, 0.4) is 0 Å². The molecule has 0 unspecified atom stereocenters. The summed E-state index contributed by atoms with van der Waals surface area (Å²) in [5.74, 6) is 0. The number of halogens is 1. The van der Waals surface area contributed by atoms with Gasteiger partial charge in [0.25, 0.3) is 0 Å². The van der Waals surface area contributed by atoms with E-state index in [1.807, 2.05) is 0 Å². The van der Waals surface area contributed by atoms with E-state index in [-0.39, 0.29) is 10.7 Å². The van der Waals surface area contributed by atoms with E-state index < -0.39 is 4.92 Å². The van der Waals surface area contributed by atoms with Crippen molar-refractivity contribution in [3.05, 3.63) is 45.7 Å². The third kappa shape index (κ3) is 2.36. The molecule has 0 bridgehead atoms. The summed E-state index contributed by atoms with van der Waals surface area (Å²) in [5, 5.41) is 17.9. The van der Waals surface area contributed by atoms with Crippen molar-refractivity contribution < 1.29 is 4.92 Å². The average Bonchev–Trinajstić information content (AvgIpc) is 2.63. The summed E-state index contributed by atoms with van der Waals surface area (Å²) in [5.41, 5.74) is 0.867. The molecular weight excluding hydrogens is 244 g/mol. The molecule has 0 atom stereocenters. The topological polar surface area (TPSA) is 73.0 Å². The second-order valence-corrected chi connectivity index (χ2v) is 3.83. The van der Waals surface area contributed by atoms with E-state index in [4.69, 9.17) is 11.6 Å². The van der Waals surface area contributed by atoms with Gasteiger partial charge in [-0.2, -0.15) is 5.10 Å². The second kappa shape index (κ2) is 4.42. The van der Waals surface area contributed by atoms with Gasteiger partial charge in [-0.3, -0.25) is 14.8 Å². The lowest BCUT2D eigenvalue weighted by Gasteiger charge is -2.05. The normalized spacial score (nSPS) is 10.2. The molecule has 0 saturated carbocycles. The lowest BCUT2D eigenvalue weighted by molar-refractivity contribution is -0.383. The molecule has 1 aromatic carbocycles. The van der Waals surface area contributed by atoms with E-state index in [2.05, 4.69) is 10.4 Å². The molecule has 0 spiro atoms. The molecule has 6 nitrogen and oxygen atoms in total. The number of nitrogens with zero attached hydrogens (tertiary/aromatic N) is 3. The van der Waals surface area contributed by atoms with Crippen molar-refractivity contribution >= 4 is 28.7 Å². The number of nitrogens with one attached hydrogen (secondary N) is 1. The molecular formula is C10H9ClN4O2. The maximum atomic E-state index is 10.9. The molecule has 0 radical (unpaired) electrons. The van der Waals surface area contributed by atoms with Crippen LogP contribution in [0.2, 0.25) is 5.02 Å². The van der Waals surface area contributed by atoms with Gasteiger partial charge in [-0.1, -0.05) is 17.7 Å². The van der Waals surface area contributed by atoms with Gasteiger partial charge in [-0.25, -0.2) is 0 Å². The summed E-state index contributed by atoms with van der Waals surface area (Å²) in [6.07, 6.45) is 3.29. The number of aryl methyl sites for hydroxylation is 1. The van der Waals surface area contributed by atoms with E-state index in [0.29, 0.717) is 11.4 Å². The quantitative estimate of drug-likeness (QED) is 0.673. The zero-order chi connectivity index (χ0) is 12.4. The Kier molecular flexibility index (Phi) is 2.97. The van der Waals surface area contributed by atoms with E-state index in [9.17, 15) is 10.1 Å². The molecule has 2 rings (SSSR count). The minimum absolute atomic E-state index is 0.101. The van der Waals surface area contributed by atoms with Crippen LogP contribution in [0.25, 0.3) is 0 Å². The fourth-order valence-corrected chi connectivity index (χ4v) is 1.69. The van der Waals surface area contributed by atoms with E-state index in [1.54, 1.807) is 36.3 Å². The van der Waals surface area contributed by atoms with Crippen LogP contribution in [0.5, 0.6) is 0 Å². The van der Waals surface area contributed by atoms with Gasteiger partial charge in [-0.15, -0.1) is 0 Å². The SMILES string of the molecule is Cn1cc(Nc2cccc(Cl)c2[N+](=O)[O-])cn1. The summed E-state index contributed by atoms with van der Waals surface area (Å²) in [6.45, 7) is 0. The molecule has 88 valence electrons. The molecule has 7 heteroatoms. The lowest BCUT2D eigenvalue weighted by Crippen LogP contribution is -1.97. The number of nitro groups is 1. The summed E-state index contributed by atoms with van der Waals surface area (Å²) < 4.78 is 1.60. The maximum Gasteiger partial charge on any atom is 0.311 e. The van der Waals surface area contributed by atoms with Crippen LogP contribution >= 0.6 is 11.6 Å². The van der Waals surface area contributed by atoms with Crippen molar-refractivity contribution in [3.63, 3.8) is 0 Å².